The van der Waals surface area contributed by atoms with Gasteiger partial charge in [0.25, 0.3) is 0 Å². The summed E-state index contributed by atoms with van der Waals surface area (Å²) in [6.45, 7) is 1.59. The van der Waals surface area contributed by atoms with Crippen LogP contribution in [0.3, 0.4) is 0 Å². The molecule has 0 aliphatic rings. The van der Waals surface area contributed by atoms with Crippen LogP contribution in [-0.4, -0.2) is 24.1 Å². The molecule has 5 nitrogen and oxygen atoms in total. The Morgan fingerprint density at radius 1 is 1.12 bits per heavy atom. The number of carbonyl (C=O) groups is 2. The summed E-state index contributed by atoms with van der Waals surface area (Å²) in [6.07, 6.45) is 0.160. The van der Waals surface area contributed by atoms with E-state index >= 15 is 0 Å². The fourth-order valence-corrected chi connectivity index (χ4v) is 2.49. The highest BCUT2D eigenvalue weighted by Gasteiger charge is 2.26. The van der Waals surface area contributed by atoms with Gasteiger partial charge in [0, 0.05) is 0 Å². The quantitative estimate of drug-likeness (QED) is 0.820. The predicted octanol–water partition coefficient (Wildman–Crippen LogP) is 2.82. The van der Waals surface area contributed by atoms with E-state index in [9.17, 15) is 14.7 Å². The number of carbonyl (C=O) groups excluding carboxylic acids is 1. The molecule has 0 fully saturated rings. The van der Waals surface area contributed by atoms with E-state index in [0.717, 1.165) is 11.1 Å². The first-order chi connectivity index (χ1) is 11.5. The second kappa shape index (κ2) is 8.15. The molecule has 0 saturated heterocycles. The van der Waals surface area contributed by atoms with E-state index in [2.05, 4.69) is 5.32 Å². The Morgan fingerprint density at radius 3 is 2.46 bits per heavy atom. The van der Waals surface area contributed by atoms with Crippen molar-refractivity contribution in [3.8, 4) is 5.75 Å². The molecule has 126 valence electrons. The predicted molar refractivity (Wildman–Crippen MR) is 90.8 cm³/mol. The van der Waals surface area contributed by atoms with Crippen LogP contribution in [0, 0.1) is 5.92 Å². The van der Waals surface area contributed by atoms with Gasteiger partial charge in [0.2, 0.25) is 5.91 Å². The fourth-order valence-electron chi connectivity index (χ4n) is 2.49. The van der Waals surface area contributed by atoms with Crippen molar-refractivity contribution >= 4 is 11.9 Å². The van der Waals surface area contributed by atoms with E-state index in [1.54, 1.807) is 26.2 Å². The van der Waals surface area contributed by atoms with E-state index in [-0.39, 0.29) is 12.3 Å². The van der Waals surface area contributed by atoms with Crippen LogP contribution in [0.25, 0.3) is 0 Å². The lowest BCUT2D eigenvalue weighted by Crippen LogP contribution is -2.36. The van der Waals surface area contributed by atoms with Gasteiger partial charge in [-0.3, -0.25) is 9.59 Å². The molecule has 24 heavy (non-hydrogen) atoms. The van der Waals surface area contributed by atoms with Gasteiger partial charge in [-0.2, -0.15) is 0 Å². The second-order valence-electron chi connectivity index (χ2n) is 5.61. The van der Waals surface area contributed by atoms with E-state index in [0.29, 0.717) is 5.75 Å². The number of benzene rings is 2. The van der Waals surface area contributed by atoms with Crippen LogP contribution < -0.4 is 10.1 Å². The molecule has 2 unspecified atom stereocenters. The van der Waals surface area contributed by atoms with Crippen LogP contribution in [-0.2, 0) is 16.0 Å². The highest BCUT2D eigenvalue weighted by atomic mass is 16.5. The fraction of sp³-hybridized carbons (Fsp3) is 0.263. The third kappa shape index (κ3) is 4.59. The number of rotatable bonds is 7. The molecule has 1 amide bonds. The summed E-state index contributed by atoms with van der Waals surface area (Å²) >= 11 is 0. The number of carboxylic acid groups (broad SMARTS) is 1. The number of nitrogens with one attached hydrogen (secondary N) is 1. The second-order valence-corrected chi connectivity index (χ2v) is 5.61. The van der Waals surface area contributed by atoms with Gasteiger partial charge < -0.3 is 15.2 Å². The molecule has 0 spiro atoms. The van der Waals surface area contributed by atoms with Crippen molar-refractivity contribution in [3.63, 3.8) is 0 Å². The van der Waals surface area contributed by atoms with Gasteiger partial charge in [-0.15, -0.1) is 0 Å². The lowest BCUT2D eigenvalue weighted by Gasteiger charge is -2.23. The maximum atomic E-state index is 12.4. The molecule has 0 heterocycles. The SMILES string of the molecule is COc1cccc(CC(=O)NC(c2ccccc2)C(C)C(=O)O)c1. The first-order valence-electron chi connectivity index (χ1n) is 7.71. The van der Waals surface area contributed by atoms with Crippen molar-refractivity contribution in [3.05, 3.63) is 65.7 Å². The molecule has 0 radical (unpaired) electrons. The average molecular weight is 327 g/mol. The van der Waals surface area contributed by atoms with Gasteiger partial charge >= 0.3 is 5.97 Å². The van der Waals surface area contributed by atoms with Crippen molar-refractivity contribution in [1.29, 1.82) is 0 Å². The van der Waals surface area contributed by atoms with Gasteiger partial charge in [-0.05, 0) is 30.2 Å². The summed E-state index contributed by atoms with van der Waals surface area (Å²) in [6, 6.07) is 15.8. The van der Waals surface area contributed by atoms with Gasteiger partial charge in [-0.1, -0.05) is 42.5 Å². The zero-order chi connectivity index (χ0) is 17.5. The monoisotopic (exact) mass is 327 g/mol. The molecule has 2 rings (SSSR count). The van der Waals surface area contributed by atoms with Crippen LogP contribution in [0.1, 0.15) is 24.1 Å². The average Bonchev–Trinajstić information content (AvgIpc) is 2.60. The molecule has 5 heteroatoms. The van der Waals surface area contributed by atoms with Gasteiger partial charge in [0.15, 0.2) is 0 Å². The summed E-state index contributed by atoms with van der Waals surface area (Å²) in [5.41, 5.74) is 1.58. The van der Waals surface area contributed by atoms with Gasteiger partial charge in [0.1, 0.15) is 5.75 Å². The first kappa shape index (κ1) is 17.5. The molecule has 2 atom stereocenters. The minimum absolute atomic E-state index is 0.160. The zero-order valence-corrected chi connectivity index (χ0v) is 13.7. The Morgan fingerprint density at radius 2 is 1.83 bits per heavy atom. The Balaban J connectivity index is 2.13. The molecule has 2 N–H and O–H groups in total. The standard InChI is InChI=1S/C19H21NO4/c1-13(19(22)23)18(15-8-4-3-5-9-15)20-17(21)12-14-7-6-10-16(11-14)24-2/h3-11,13,18H,12H2,1-2H3,(H,20,21)(H,22,23). The van der Waals surface area contributed by atoms with E-state index in [4.69, 9.17) is 4.74 Å². The molecule has 2 aromatic rings. The van der Waals surface area contributed by atoms with E-state index in [1.807, 2.05) is 42.5 Å². The number of hydrogen-bond acceptors (Lipinski definition) is 3. The summed E-state index contributed by atoms with van der Waals surface area (Å²) in [4.78, 5) is 23.7. The number of aliphatic carboxylic acids is 1. The summed E-state index contributed by atoms with van der Waals surface area (Å²) < 4.78 is 5.15. The van der Waals surface area contributed by atoms with Crippen molar-refractivity contribution in [2.75, 3.05) is 7.11 Å². The highest BCUT2D eigenvalue weighted by Crippen LogP contribution is 2.22. The van der Waals surface area contributed by atoms with Crippen molar-refractivity contribution in [1.82, 2.24) is 5.32 Å². The van der Waals surface area contributed by atoms with Gasteiger partial charge in [0.05, 0.1) is 25.5 Å². The molecular weight excluding hydrogens is 306 g/mol. The Kier molecular flexibility index (Phi) is 5.95. The largest absolute Gasteiger partial charge is 0.497 e. The van der Waals surface area contributed by atoms with Gasteiger partial charge in [-0.25, -0.2) is 0 Å². The van der Waals surface area contributed by atoms with E-state index in [1.165, 1.54) is 0 Å². The van der Waals surface area contributed by atoms with E-state index < -0.39 is 17.9 Å². The lowest BCUT2D eigenvalue weighted by molar-refractivity contribution is -0.142. The number of methoxy groups -OCH3 is 1. The highest BCUT2D eigenvalue weighted by molar-refractivity contribution is 5.80. The summed E-state index contributed by atoms with van der Waals surface area (Å²) in [5.74, 6) is -1.24. The maximum absolute atomic E-state index is 12.4. The number of amides is 1. The minimum Gasteiger partial charge on any atom is -0.497 e. The van der Waals surface area contributed by atoms with Crippen molar-refractivity contribution in [2.24, 2.45) is 5.92 Å². The Bertz CT molecular complexity index is 700. The first-order valence-corrected chi connectivity index (χ1v) is 7.71. The smallest absolute Gasteiger partial charge is 0.308 e. The van der Waals surface area contributed by atoms with Crippen molar-refractivity contribution in [2.45, 2.75) is 19.4 Å². The topological polar surface area (TPSA) is 75.6 Å². The third-order valence-corrected chi connectivity index (χ3v) is 3.86. The van der Waals surface area contributed by atoms with Crippen LogP contribution >= 0.6 is 0 Å². The lowest BCUT2D eigenvalue weighted by atomic mass is 9.94. The van der Waals surface area contributed by atoms with Crippen LogP contribution in [0.5, 0.6) is 5.75 Å². The third-order valence-electron chi connectivity index (χ3n) is 3.86. The molecule has 0 aromatic heterocycles. The summed E-state index contributed by atoms with van der Waals surface area (Å²) in [5, 5.41) is 12.2. The molecule has 2 aromatic carbocycles. The van der Waals surface area contributed by atoms with Crippen LogP contribution in [0.4, 0.5) is 0 Å². The number of hydrogen-bond donors (Lipinski definition) is 2. The molecule has 0 aliphatic heterocycles. The number of carboxylic acids is 1. The van der Waals surface area contributed by atoms with Crippen LogP contribution in [0.2, 0.25) is 0 Å². The molecular formula is C19H21NO4. The molecule has 0 aliphatic carbocycles. The number of ether oxygens (including phenoxy) is 1. The summed E-state index contributed by atoms with van der Waals surface area (Å²) in [7, 11) is 1.57. The maximum Gasteiger partial charge on any atom is 0.308 e. The normalized spacial score (nSPS) is 12.9. The Hall–Kier alpha value is -2.82. The van der Waals surface area contributed by atoms with Crippen molar-refractivity contribution < 1.29 is 19.4 Å². The minimum atomic E-state index is -0.953. The van der Waals surface area contributed by atoms with Crippen LogP contribution in [0.15, 0.2) is 54.6 Å². The molecule has 0 bridgehead atoms. The Labute approximate surface area is 141 Å². The molecule has 0 saturated carbocycles. The zero-order valence-electron chi connectivity index (χ0n) is 13.7.